The van der Waals surface area contributed by atoms with Crippen LogP contribution in [-0.2, 0) is 26.2 Å². The summed E-state index contributed by atoms with van der Waals surface area (Å²) in [6, 6.07) is 19.3. The van der Waals surface area contributed by atoms with E-state index in [1.165, 1.54) is 28.8 Å². The highest BCUT2D eigenvalue weighted by Crippen LogP contribution is 2.28. The molecule has 0 heterocycles. The Morgan fingerprint density at radius 3 is 2.12 bits per heavy atom. The molecule has 0 radical (unpaired) electrons. The molecule has 0 spiro atoms. The summed E-state index contributed by atoms with van der Waals surface area (Å²) in [6.07, 6.45) is 2.25. The fraction of sp³-hybridized carbons (Fsp3) is 0.375. The molecule has 0 aliphatic carbocycles. The number of rotatable bonds is 15. The standard InChI is InChI=1S/C32H40ClN3O5S2/c1-6-30(32(38)34-20-23(3)4)35(21-24-8-10-25(33)11-9-24)31(37)22-36(26-12-14-27(15-13-26)41-7-2)43(39,40)29-18-16-28(42-5)17-19-29/h8-19,23,30H,6-7,20-22H2,1-5H3,(H,34,38). The van der Waals surface area contributed by atoms with E-state index in [-0.39, 0.29) is 23.3 Å². The quantitative estimate of drug-likeness (QED) is 0.197. The maximum absolute atomic E-state index is 14.2. The van der Waals surface area contributed by atoms with Gasteiger partial charge in [-0.05, 0) is 91.7 Å². The van der Waals surface area contributed by atoms with Crippen molar-refractivity contribution in [1.29, 1.82) is 0 Å². The molecule has 1 N–H and O–H groups in total. The molecular weight excluding hydrogens is 606 g/mol. The summed E-state index contributed by atoms with van der Waals surface area (Å²) < 4.78 is 34.8. The highest BCUT2D eigenvalue weighted by Gasteiger charge is 2.33. The number of anilines is 1. The van der Waals surface area contributed by atoms with Gasteiger partial charge in [-0.1, -0.05) is 44.5 Å². The van der Waals surface area contributed by atoms with Crippen LogP contribution in [0, 0.1) is 5.92 Å². The van der Waals surface area contributed by atoms with E-state index in [9.17, 15) is 18.0 Å². The Kier molecular flexibility index (Phi) is 12.8. The molecule has 232 valence electrons. The van der Waals surface area contributed by atoms with Crippen LogP contribution in [0.1, 0.15) is 39.7 Å². The summed E-state index contributed by atoms with van der Waals surface area (Å²) in [7, 11) is -4.17. The summed E-state index contributed by atoms with van der Waals surface area (Å²) in [5.41, 5.74) is 1.06. The number of carbonyl (C=O) groups is 2. The third-order valence-electron chi connectivity index (χ3n) is 6.70. The lowest BCUT2D eigenvalue weighted by molar-refractivity contribution is -0.140. The van der Waals surface area contributed by atoms with Crippen LogP contribution in [0.3, 0.4) is 0 Å². The zero-order chi connectivity index (χ0) is 31.6. The van der Waals surface area contributed by atoms with Crippen LogP contribution in [0.5, 0.6) is 5.75 Å². The molecule has 11 heteroatoms. The molecule has 2 amide bonds. The van der Waals surface area contributed by atoms with Gasteiger partial charge in [0, 0.05) is 23.0 Å². The predicted molar refractivity (Wildman–Crippen MR) is 174 cm³/mol. The van der Waals surface area contributed by atoms with Gasteiger partial charge >= 0.3 is 0 Å². The minimum Gasteiger partial charge on any atom is -0.494 e. The van der Waals surface area contributed by atoms with Crippen molar-refractivity contribution in [3.05, 3.63) is 83.4 Å². The van der Waals surface area contributed by atoms with E-state index in [0.717, 1.165) is 14.8 Å². The molecule has 3 aromatic rings. The van der Waals surface area contributed by atoms with Gasteiger partial charge in [0.2, 0.25) is 11.8 Å². The Hall–Kier alpha value is -3.21. The lowest BCUT2D eigenvalue weighted by Crippen LogP contribution is -2.52. The Morgan fingerprint density at radius 2 is 1.58 bits per heavy atom. The van der Waals surface area contributed by atoms with Gasteiger partial charge < -0.3 is 15.0 Å². The van der Waals surface area contributed by atoms with E-state index >= 15 is 0 Å². The van der Waals surface area contributed by atoms with Gasteiger partial charge in [-0.3, -0.25) is 13.9 Å². The maximum atomic E-state index is 14.2. The smallest absolute Gasteiger partial charge is 0.264 e. The van der Waals surface area contributed by atoms with Crippen molar-refractivity contribution in [2.24, 2.45) is 5.92 Å². The molecule has 0 fully saturated rings. The zero-order valence-corrected chi connectivity index (χ0v) is 27.6. The second kappa shape index (κ2) is 16.0. The number of hydrogen-bond acceptors (Lipinski definition) is 6. The zero-order valence-electron chi connectivity index (χ0n) is 25.2. The van der Waals surface area contributed by atoms with Crippen molar-refractivity contribution >= 4 is 50.9 Å². The SMILES string of the molecule is CCOc1ccc(N(CC(=O)N(Cc2ccc(Cl)cc2)C(CC)C(=O)NCC(C)C)S(=O)(=O)c2ccc(SC)cc2)cc1. The van der Waals surface area contributed by atoms with Gasteiger partial charge in [-0.2, -0.15) is 0 Å². The molecule has 0 saturated heterocycles. The minimum atomic E-state index is -4.17. The second-order valence-corrected chi connectivity index (χ2v) is 13.5. The van der Waals surface area contributed by atoms with E-state index in [4.69, 9.17) is 16.3 Å². The molecule has 1 atom stereocenters. The molecule has 43 heavy (non-hydrogen) atoms. The number of ether oxygens (including phenoxy) is 1. The maximum Gasteiger partial charge on any atom is 0.264 e. The number of amides is 2. The largest absolute Gasteiger partial charge is 0.494 e. The van der Waals surface area contributed by atoms with Crippen LogP contribution < -0.4 is 14.4 Å². The predicted octanol–water partition coefficient (Wildman–Crippen LogP) is 6.24. The lowest BCUT2D eigenvalue weighted by atomic mass is 10.1. The molecule has 0 saturated carbocycles. The third-order valence-corrected chi connectivity index (χ3v) is 9.48. The van der Waals surface area contributed by atoms with Gasteiger partial charge in [0.1, 0.15) is 18.3 Å². The molecule has 0 aliphatic rings. The average Bonchev–Trinajstić information content (AvgIpc) is 3.00. The average molecular weight is 646 g/mol. The first-order valence-electron chi connectivity index (χ1n) is 14.2. The first-order chi connectivity index (χ1) is 20.5. The van der Waals surface area contributed by atoms with E-state index in [1.54, 1.807) is 60.7 Å². The third kappa shape index (κ3) is 9.39. The highest BCUT2D eigenvalue weighted by atomic mass is 35.5. The Bertz CT molecular complexity index is 1450. The van der Waals surface area contributed by atoms with Crippen LogP contribution in [0.2, 0.25) is 5.02 Å². The van der Waals surface area contributed by atoms with E-state index in [2.05, 4.69) is 5.32 Å². The number of sulfonamides is 1. The van der Waals surface area contributed by atoms with Crippen LogP contribution in [-0.4, -0.2) is 57.1 Å². The Balaban J connectivity index is 2.05. The van der Waals surface area contributed by atoms with E-state index in [0.29, 0.717) is 36.0 Å². The summed E-state index contributed by atoms with van der Waals surface area (Å²) >= 11 is 7.59. The van der Waals surface area contributed by atoms with Crippen molar-refractivity contribution < 1.29 is 22.7 Å². The number of nitrogens with zero attached hydrogens (tertiary/aromatic N) is 2. The second-order valence-electron chi connectivity index (χ2n) is 10.3. The van der Waals surface area contributed by atoms with Crippen molar-refractivity contribution in [2.75, 3.05) is 30.3 Å². The fourth-order valence-electron chi connectivity index (χ4n) is 4.41. The van der Waals surface area contributed by atoms with Crippen LogP contribution >= 0.6 is 23.4 Å². The highest BCUT2D eigenvalue weighted by molar-refractivity contribution is 7.98. The first-order valence-corrected chi connectivity index (χ1v) is 17.3. The summed E-state index contributed by atoms with van der Waals surface area (Å²) in [6.45, 7) is 8.17. The summed E-state index contributed by atoms with van der Waals surface area (Å²) in [5.74, 6) is -0.00233. The lowest BCUT2D eigenvalue weighted by Gasteiger charge is -2.33. The molecule has 0 aliphatic heterocycles. The van der Waals surface area contributed by atoms with Crippen LogP contribution in [0.25, 0.3) is 0 Å². The fourth-order valence-corrected chi connectivity index (χ4v) is 6.36. The first kappa shape index (κ1) is 34.3. The topological polar surface area (TPSA) is 96.0 Å². The molecule has 3 rings (SSSR count). The van der Waals surface area contributed by atoms with Gasteiger partial charge in [-0.15, -0.1) is 11.8 Å². The van der Waals surface area contributed by atoms with Crippen molar-refractivity contribution in [2.45, 2.75) is 56.5 Å². The van der Waals surface area contributed by atoms with Crippen molar-refractivity contribution in [1.82, 2.24) is 10.2 Å². The molecular formula is C32H40ClN3O5S2. The van der Waals surface area contributed by atoms with Gasteiger partial charge in [0.25, 0.3) is 10.0 Å². The van der Waals surface area contributed by atoms with Crippen molar-refractivity contribution in [3.8, 4) is 5.75 Å². The van der Waals surface area contributed by atoms with Gasteiger partial charge in [0.15, 0.2) is 0 Å². The molecule has 1 unspecified atom stereocenters. The number of carbonyl (C=O) groups excluding carboxylic acids is 2. The number of hydrogen-bond donors (Lipinski definition) is 1. The number of halogens is 1. The monoisotopic (exact) mass is 645 g/mol. The van der Waals surface area contributed by atoms with E-state index in [1.807, 2.05) is 34.0 Å². The molecule has 0 bridgehead atoms. The van der Waals surface area contributed by atoms with Gasteiger partial charge in [0.05, 0.1) is 17.2 Å². The molecule has 3 aromatic carbocycles. The number of nitrogens with one attached hydrogen (secondary N) is 1. The normalized spacial score (nSPS) is 12.1. The van der Waals surface area contributed by atoms with E-state index < -0.39 is 28.5 Å². The van der Waals surface area contributed by atoms with Crippen LogP contribution in [0.15, 0.2) is 82.6 Å². The molecule has 8 nitrogen and oxygen atoms in total. The van der Waals surface area contributed by atoms with Crippen molar-refractivity contribution in [3.63, 3.8) is 0 Å². The molecule has 0 aromatic heterocycles. The number of benzene rings is 3. The Morgan fingerprint density at radius 1 is 0.953 bits per heavy atom. The minimum absolute atomic E-state index is 0.0537. The Labute approximate surface area is 264 Å². The summed E-state index contributed by atoms with van der Waals surface area (Å²) in [4.78, 5) is 29.9. The number of thioether (sulfide) groups is 1. The van der Waals surface area contributed by atoms with Crippen LogP contribution in [0.4, 0.5) is 5.69 Å². The summed E-state index contributed by atoms with van der Waals surface area (Å²) in [5, 5.41) is 3.48. The van der Waals surface area contributed by atoms with Gasteiger partial charge in [-0.25, -0.2) is 8.42 Å².